The monoisotopic (exact) mass is 155 g/mol. The first kappa shape index (κ1) is 7.09. The Kier molecular flexibility index (Phi) is 1.92. The molecule has 0 radical (unpaired) electrons. The van der Waals surface area contributed by atoms with E-state index in [1.807, 2.05) is 0 Å². The van der Waals surface area contributed by atoms with Crippen molar-refractivity contribution in [1.82, 2.24) is 0 Å². The fraction of sp³-hybridized carbons (Fsp3) is 0. The molecule has 0 aliphatic heterocycles. The van der Waals surface area contributed by atoms with Crippen LogP contribution in [0.4, 0.5) is 5.69 Å². The maximum atomic E-state index is 10.5. The third kappa shape index (κ3) is 1.48. The molecule has 1 rings (SSSR count). The van der Waals surface area contributed by atoms with Gasteiger partial charge in [-0.15, -0.1) is 0 Å². The molecule has 0 aliphatic rings. The number of hydrogen-bond acceptors (Lipinski definition) is 2. The number of carbonyl (C=O) groups excluding carboxylic acids is 1. The predicted octanol–water partition coefficient (Wildman–Crippen LogP) is 1.65. The van der Waals surface area contributed by atoms with Gasteiger partial charge >= 0.3 is 0 Å². The third-order valence-corrected chi connectivity index (χ3v) is 1.36. The number of hydrogen-bond donors (Lipinski definition) is 1. The van der Waals surface area contributed by atoms with Crippen LogP contribution in [0.3, 0.4) is 0 Å². The molecule has 3 heteroatoms. The molecule has 0 aliphatic carbocycles. The Hall–Kier alpha value is -1.02. The number of anilines is 1. The van der Waals surface area contributed by atoms with Gasteiger partial charge in [0.25, 0.3) is 5.24 Å². The van der Waals surface area contributed by atoms with Gasteiger partial charge in [0.05, 0.1) is 0 Å². The Labute approximate surface area is 63.6 Å². The third-order valence-electron chi connectivity index (χ3n) is 1.14. The molecule has 0 fully saturated rings. The second-order valence-electron chi connectivity index (χ2n) is 1.90. The molecule has 2 nitrogen and oxygen atoms in total. The summed E-state index contributed by atoms with van der Waals surface area (Å²) >= 11 is 5.18. The van der Waals surface area contributed by atoms with E-state index < -0.39 is 5.24 Å². The Morgan fingerprint density at radius 1 is 1.30 bits per heavy atom. The summed E-state index contributed by atoms with van der Waals surface area (Å²) in [5.74, 6) is 0. The SMILES string of the molecule is Nc1ccc(C(=O)Cl)cc1. The van der Waals surface area contributed by atoms with Gasteiger partial charge in [0, 0.05) is 11.3 Å². The van der Waals surface area contributed by atoms with E-state index in [9.17, 15) is 4.79 Å². The lowest BCUT2D eigenvalue weighted by molar-refractivity contribution is 0.108. The molecule has 0 atom stereocenters. The summed E-state index contributed by atoms with van der Waals surface area (Å²) in [6.07, 6.45) is 0. The van der Waals surface area contributed by atoms with Crippen molar-refractivity contribution in [2.24, 2.45) is 0 Å². The lowest BCUT2D eigenvalue weighted by Gasteiger charge is -1.92. The van der Waals surface area contributed by atoms with Gasteiger partial charge in [0.15, 0.2) is 0 Å². The van der Waals surface area contributed by atoms with Crippen molar-refractivity contribution in [3.8, 4) is 0 Å². The minimum Gasteiger partial charge on any atom is -0.399 e. The first-order valence-electron chi connectivity index (χ1n) is 2.75. The lowest BCUT2D eigenvalue weighted by atomic mass is 10.2. The van der Waals surface area contributed by atoms with E-state index in [4.69, 9.17) is 17.3 Å². The van der Waals surface area contributed by atoms with Crippen molar-refractivity contribution >= 4 is 22.5 Å². The normalized spacial score (nSPS) is 9.30. The molecule has 2 N–H and O–H groups in total. The smallest absolute Gasteiger partial charge is 0.252 e. The zero-order valence-corrected chi connectivity index (χ0v) is 5.93. The number of halogens is 1. The molecular weight excluding hydrogens is 150 g/mol. The topological polar surface area (TPSA) is 43.1 Å². The van der Waals surface area contributed by atoms with Crippen molar-refractivity contribution in [2.45, 2.75) is 0 Å². The van der Waals surface area contributed by atoms with Crippen molar-refractivity contribution in [3.05, 3.63) is 29.8 Å². The Bertz CT molecular complexity index is 242. The van der Waals surface area contributed by atoms with Gasteiger partial charge in [-0.2, -0.15) is 0 Å². The zero-order chi connectivity index (χ0) is 7.56. The molecule has 0 heterocycles. The highest BCUT2D eigenvalue weighted by atomic mass is 35.5. The number of nitrogens with two attached hydrogens (primary N) is 1. The molecule has 0 amide bonds. The second-order valence-corrected chi connectivity index (χ2v) is 2.24. The molecule has 52 valence electrons. The summed E-state index contributed by atoms with van der Waals surface area (Å²) in [5.41, 5.74) is 6.47. The van der Waals surface area contributed by atoms with Crippen molar-refractivity contribution < 1.29 is 4.79 Å². The van der Waals surface area contributed by atoms with Crippen LogP contribution < -0.4 is 5.73 Å². The molecule has 0 unspecified atom stereocenters. The predicted molar refractivity (Wildman–Crippen MR) is 41.0 cm³/mol. The fourth-order valence-electron chi connectivity index (χ4n) is 0.614. The van der Waals surface area contributed by atoms with E-state index in [0.29, 0.717) is 11.3 Å². The minimum absolute atomic E-state index is 0.458. The molecule has 10 heavy (non-hydrogen) atoms. The number of carbonyl (C=O) groups is 1. The van der Waals surface area contributed by atoms with Crippen LogP contribution in [0, 0.1) is 0 Å². The van der Waals surface area contributed by atoms with Crippen LogP contribution in [0.5, 0.6) is 0 Å². The van der Waals surface area contributed by atoms with Crippen molar-refractivity contribution in [1.29, 1.82) is 0 Å². The average Bonchev–Trinajstić information content (AvgIpc) is 1.88. The van der Waals surface area contributed by atoms with Crippen LogP contribution >= 0.6 is 11.6 Å². The van der Waals surface area contributed by atoms with Crippen LogP contribution in [-0.4, -0.2) is 5.24 Å². The van der Waals surface area contributed by atoms with Gasteiger partial charge in [0.2, 0.25) is 0 Å². The molecule has 0 bridgehead atoms. The summed E-state index contributed by atoms with van der Waals surface area (Å²) in [4.78, 5) is 10.5. The first-order valence-corrected chi connectivity index (χ1v) is 3.13. The van der Waals surface area contributed by atoms with Crippen LogP contribution in [0.2, 0.25) is 0 Å². The molecule has 0 aromatic heterocycles. The number of nitrogen functional groups attached to an aromatic ring is 1. The summed E-state index contributed by atoms with van der Waals surface area (Å²) < 4.78 is 0. The zero-order valence-electron chi connectivity index (χ0n) is 5.17. The van der Waals surface area contributed by atoms with Gasteiger partial charge in [-0.1, -0.05) is 0 Å². The number of rotatable bonds is 1. The van der Waals surface area contributed by atoms with E-state index in [1.165, 1.54) is 0 Å². The first-order chi connectivity index (χ1) is 4.70. The second kappa shape index (κ2) is 2.71. The van der Waals surface area contributed by atoms with Crippen molar-refractivity contribution in [2.75, 3.05) is 5.73 Å². The average molecular weight is 156 g/mol. The van der Waals surface area contributed by atoms with Crippen LogP contribution in [0.15, 0.2) is 24.3 Å². The lowest BCUT2D eigenvalue weighted by Crippen LogP contribution is -1.89. The van der Waals surface area contributed by atoms with Crippen molar-refractivity contribution in [3.63, 3.8) is 0 Å². The van der Waals surface area contributed by atoms with E-state index in [1.54, 1.807) is 24.3 Å². The van der Waals surface area contributed by atoms with Crippen LogP contribution in [0.25, 0.3) is 0 Å². The standard InChI is InChI=1S/C7H6ClNO/c8-7(10)5-1-3-6(9)4-2-5/h1-4H,9H2. The van der Waals surface area contributed by atoms with Crippen LogP contribution in [-0.2, 0) is 0 Å². The molecular formula is C7H6ClNO. The highest BCUT2D eigenvalue weighted by Gasteiger charge is 1.98. The van der Waals surface area contributed by atoms with Gasteiger partial charge < -0.3 is 5.73 Å². The van der Waals surface area contributed by atoms with E-state index in [-0.39, 0.29) is 0 Å². The largest absolute Gasteiger partial charge is 0.399 e. The Morgan fingerprint density at radius 2 is 1.80 bits per heavy atom. The maximum absolute atomic E-state index is 10.5. The van der Waals surface area contributed by atoms with Crippen LogP contribution in [0.1, 0.15) is 10.4 Å². The van der Waals surface area contributed by atoms with Gasteiger partial charge in [-0.05, 0) is 35.9 Å². The maximum Gasteiger partial charge on any atom is 0.252 e. The molecule has 0 spiro atoms. The molecule has 1 aromatic rings. The Morgan fingerprint density at radius 3 is 2.20 bits per heavy atom. The highest BCUT2D eigenvalue weighted by molar-refractivity contribution is 6.67. The molecule has 1 aromatic carbocycles. The van der Waals surface area contributed by atoms with E-state index in [0.717, 1.165) is 0 Å². The van der Waals surface area contributed by atoms with Gasteiger partial charge in [-0.3, -0.25) is 4.79 Å². The van der Waals surface area contributed by atoms with Gasteiger partial charge in [0.1, 0.15) is 0 Å². The van der Waals surface area contributed by atoms with E-state index >= 15 is 0 Å². The quantitative estimate of drug-likeness (QED) is 0.495. The minimum atomic E-state index is -0.458. The Balaban J connectivity index is 3.00. The summed E-state index contributed by atoms with van der Waals surface area (Å²) in [6.45, 7) is 0. The summed E-state index contributed by atoms with van der Waals surface area (Å²) in [5, 5.41) is -0.458. The molecule has 0 saturated carbocycles. The summed E-state index contributed by atoms with van der Waals surface area (Å²) in [7, 11) is 0. The fourth-order valence-corrected chi connectivity index (χ4v) is 0.740. The molecule has 0 saturated heterocycles. The highest BCUT2D eigenvalue weighted by Crippen LogP contribution is 2.07. The van der Waals surface area contributed by atoms with E-state index in [2.05, 4.69) is 0 Å². The van der Waals surface area contributed by atoms with Gasteiger partial charge in [-0.25, -0.2) is 0 Å². The number of benzene rings is 1. The summed E-state index contributed by atoms with van der Waals surface area (Å²) in [6, 6.07) is 6.44.